The Morgan fingerprint density at radius 2 is 2.21 bits per heavy atom. The van der Waals surface area contributed by atoms with Crippen LogP contribution in [0.1, 0.15) is 6.42 Å². The lowest BCUT2D eigenvalue weighted by molar-refractivity contribution is -0.229. The van der Waals surface area contributed by atoms with Crippen molar-refractivity contribution in [2.24, 2.45) is 0 Å². The van der Waals surface area contributed by atoms with E-state index >= 15 is 0 Å². The molecule has 0 radical (unpaired) electrons. The standard InChI is InChI=1S/C7H10F3NO3/c8-7(9,10)5-2-11-4(3-14-5)1-6(12)13/h4-5,11H,1-3H2,(H,12,13)/t4-,5-/m1/s1. The third kappa shape index (κ3) is 3.15. The Kier molecular flexibility index (Phi) is 3.33. The van der Waals surface area contributed by atoms with Gasteiger partial charge in [-0.05, 0) is 0 Å². The normalized spacial score (nSPS) is 28.8. The molecule has 0 aliphatic carbocycles. The molecule has 0 aromatic carbocycles. The molecule has 0 aromatic heterocycles. The predicted octanol–water partition coefficient (Wildman–Crippen LogP) is 0.380. The maximum Gasteiger partial charge on any atom is 0.415 e. The van der Waals surface area contributed by atoms with Gasteiger partial charge in [-0.2, -0.15) is 13.2 Å². The number of nitrogens with one attached hydrogen (secondary N) is 1. The minimum Gasteiger partial charge on any atom is -0.481 e. The van der Waals surface area contributed by atoms with Gasteiger partial charge < -0.3 is 15.2 Å². The summed E-state index contributed by atoms with van der Waals surface area (Å²) in [5, 5.41) is 10.9. The first kappa shape index (κ1) is 11.3. The first-order chi connectivity index (χ1) is 6.39. The summed E-state index contributed by atoms with van der Waals surface area (Å²) in [4.78, 5) is 10.2. The molecule has 0 unspecified atom stereocenters. The highest BCUT2D eigenvalue weighted by Crippen LogP contribution is 2.24. The van der Waals surface area contributed by atoms with Crippen LogP contribution >= 0.6 is 0 Å². The fourth-order valence-corrected chi connectivity index (χ4v) is 1.18. The van der Waals surface area contributed by atoms with Crippen molar-refractivity contribution in [1.82, 2.24) is 5.32 Å². The summed E-state index contributed by atoms with van der Waals surface area (Å²) in [5.41, 5.74) is 0. The van der Waals surface area contributed by atoms with Crippen LogP contribution in [0.3, 0.4) is 0 Å². The number of halogens is 3. The Balaban J connectivity index is 2.35. The van der Waals surface area contributed by atoms with E-state index in [4.69, 9.17) is 5.11 Å². The zero-order chi connectivity index (χ0) is 10.8. The van der Waals surface area contributed by atoms with Crippen molar-refractivity contribution in [2.45, 2.75) is 24.7 Å². The van der Waals surface area contributed by atoms with E-state index in [2.05, 4.69) is 10.1 Å². The minimum atomic E-state index is -4.39. The Morgan fingerprint density at radius 3 is 2.57 bits per heavy atom. The number of morpholine rings is 1. The molecular weight excluding hydrogens is 203 g/mol. The molecule has 7 heteroatoms. The summed E-state index contributed by atoms with van der Waals surface area (Å²) in [5.74, 6) is -1.06. The lowest BCUT2D eigenvalue weighted by atomic mass is 10.1. The molecule has 2 atom stereocenters. The Hall–Kier alpha value is -0.820. The monoisotopic (exact) mass is 213 g/mol. The number of carboxylic acid groups (broad SMARTS) is 1. The largest absolute Gasteiger partial charge is 0.481 e. The Labute approximate surface area is 78.0 Å². The number of alkyl halides is 3. The Morgan fingerprint density at radius 1 is 1.57 bits per heavy atom. The van der Waals surface area contributed by atoms with E-state index in [0.29, 0.717) is 0 Å². The predicted molar refractivity (Wildman–Crippen MR) is 39.8 cm³/mol. The average molecular weight is 213 g/mol. The highest BCUT2D eigenvalue weighted by molar-refractivity contribution is 5.67. The summed E-state index contributed by atoms with van der Waals surface area (Å²) in [6.07, 6.45) is -6.45. The molecule has 1 fully saturated rings. The van der Waals surface area contributed by atoms with Crippen molar-refractivity contribution in [1.29, 1.82) is 0 Å². The van der Waals surface area contributed by atoms with Crippen LogP contribution in [-0.2, 0) is 9.53 Å². The molecule has 0 aromatic rings. The lowest BCUT2D eigenvalue weighted by Gasteiger charge is -2.30. The van der Waals surface area contributed by atoms with Crippen molar-refractivity contribution in [3.8, 4) is 0 Å². The molecule has 1 rings (SSSR count). The second kappa shape index (κ2) is 4.14. The SMILES string of the molecule is O=C(O)C[C@@H]1CO[C@@H](C(F)(F)F)CN1. The molecule has 1 saturated heterocycles. The van der Waals surface area contributed by atoms with Gasteiger partial charge in [-0.15, -0.1) is 0 Å². The maximum absolute atomic E-state index is 12.0. The van der Waals surface area contributed by atoms with Crippen LogP contribution < -0.4 is 5.32 Å². The molecule has 1 aliphatic heterocycles. The van der Waals surface area contributed by atoms with Crippen molar-refractivity contribution in [3.05, 3.63) is 0 Å². The highest BCUT2D eigenvalue weighted by atomic mass is 19.4. The second-order valence-electron chi connectivity index (χ2n) is 3.07. The van der Waals surface area contributed by atoms with E-state index < -0.39 is 24.3 Å². The fraction of sp³-hybridized carbons (Fsp3) is 0.857. The van der Waals surface area contributed by atoms with E-state index in [9.17, 15) is 18.0 Å². The number of aliphatic carboxylic acids is 1. The van der Waals surface area contributed by atoms with Crippen molar-refractivity contribution in [3.63, 3.8) is 0 Å². The van der Waals surface area contributed by atoms with Gasteiger partial charge in [0.2, 0.25) is 0 Å². The molecule has 0 spiro atoms. The molecule has 1 aliphatic rings. The molecule has 2 N–H and O–H groups in total. The zero-order valence-corrected chi connectivity index (χ0v) is 7.17. The van der Waals surface area contributed by atoms with Crippen molar-refractivity contribution >= 4 is 5.97 Å². The average Bonchev–Trinajstić information content (AvgIpc) is 2.02. The zero-order valence-electron chi connectivity index (χ0n) is 7.17. The molecule has 1 heterocycles. The van der Waals surface area contributed by atoms with Crippen LogP contribution in [0.25, 0.3) is 0 Å². The number of hydrogen-bond acceptors (Lipinski definition) is 3. The second-order valence-corrected chi connectivity index (χ2v) is 3.07. The Bertz CT molecular complexity index is 211. The molecule has 4 nitrogen and oxygen atoms in total. The number of hydrogen-bond donors (Lipinski definition) is 2. The number of ether oxygens (including phenoxy) is 1. The van der Waals surface area contributed by atoms with Gasteiger partial charge in [0.05, 0.1) is 13.0 Å². The summed E-state index contributed by atoms with van der Waals surface area (Å²) in [7, 11) is 0. The van der Waals surface area contributed by atoms with Gasteiger partial charge in [0, 0.05) is 12.6 Å². The van der Waals surface area contributed by atoms with Crippen LogP contribution in [0, 0.1) is 0 Å². The fourth-order valence-electron chi connectivity index (χ4n) is 1.18. The van der Waals surface area contributed by atoms with E-state index in [0.717, 1.165) is 0 Å². The van der Waals surface area contributed by atoms with E-state index in [1.54, 1.807) is 0 Å². The number of carbonyl (C=O) groups is 1. The van der Waals surface area contributed by atoms with Gasteiger partial charge in [0.1, 0.15) is 0 Å². The van der Waals surface area contributed by atoms with Crippen LogP contribution in [0.15, 0.2) is 0 Å². The number of rotatable bonds is 2. The molecule has 0 bridgehead atoms. The van der Waals surface area contributed by atoms with Gasteiger partial charge in [-0.25, -0.2) is 0 Å². The molecule has 14 heavy (non-hydrogen) atoms. The molecule has 0 saturated carbocycles. The minimum absolute atomic E-state index is 0.226. The lowest BCUT2D eigenvalue weighted by Crippen LogP contribution is -2.52. The molecular formula is C7H10F3NO3. The number of carboxylic acids is 1. The van der Waals surface area contributed by atoms with Gasteiger partial charge in [0.15, 0.2) is 6.10 Å². The third-order valence-electron chi connectivity index (χ3n) is 1.88. The van der Waals surface area contributed by atoms with Crippen LogP contribution in [0.5, 0.6) is 0 Å². The summed E-state index contributed by atoms with van der Waals surface area (Å²) < 4.78 is 40.7. The van der Waals surface area contributed by atoms with Crippen molar-refractivity contribution < 1.29 is 27.8 Å². The third-order valence-corrected chi connectivity index (χ3v) is 1.88. The quantitative estimate of drug-likeness (QED) is 0.696. The van der Waals surface area contributed by atoms with Crippen LogP contribution in [0.2, 0.25) is 0 Å². The molecule has 0 amide bonds. The van der Waals surface area contributed by atoms with E-state index in [1.165, 1.54) is 0 Å². The summed E-state index contributed by atoms with van der Waals surface area (Å²) >= 11 is 0. The topological polar surface area (TPSA) is 58.6 Å². The van der Waals surface area contributed by atoms with Crippen LogP contribution in [0.4, 0.5) is 13.2 Å². The first-order valence-electron chi connectivity index (χ1n) is 4.03. The van der Waals surface area contributed by atoms with E-state index in [-0.39, 0.29) is 19.6 Å². The maximum atomic E-state index is 12.0. The van der Waals surface area contributed by atoms with Crippen LogP contribution in [-0.4, -0.2) is 42.5 Å². The van der Waals surface area contributed by atoms with Gasteiger partial charge in [0.25, 0.3) is 0 Å². The highest BCUT2D eigenvalue weighted by Gasteiger charge is 2.43. The first-order valence-corrected chi connectivity index (χ1v) is 4.03. The van der Waals surface area contributed by atoms with Crippen molar-refractivity contribution in [2.75, 3.05) is 13.2 Å². The van der Waals surface area contributed by atoms with E-state index in [1.807, 2.05) is 0 Å². The van der Waals surface area contributed by atoms with Gasteiger partial charge >= 0.3 is 12.1 Å². The molecule has 82 valence electrons. The summed E-state index contributed by atoms with van der Waals surface area (Å²) in [6, 6.07) is -0.536. The summed E-state index contributed by atoms with van der Waals surface area (Å²) in [6.45, 7) is -0.613. The van der Waals surface area contributed by atoms with Gasteiger partial charge in [-0.1, -0.05) is 0 Å². The van der Waals surface area contributed by atoms with Gasteiger partial charge in [-0.3, -0.25) is 4.79 Å². The smallest absolute Gasteiger partial charge is 0.415 e.